The predicted molar refractivity (Wildman–Crippen MR) is 119 cm³/mol. The average Bonchev–Trinajstić information content (AvgIpc) is 3.24. The van der Waals surface area contributed by atoms with E-state index in [1.165, 1.54) is 42.7 Å². The van der Waals surface area contributed by atoms with Gasteiger partial charge in [0, 0.05) is 23.5 Å². The Morgan fingerprint density at radius 1 is 1.12 bits per heavy atom. The van der Waals surface area contributed by atoms with Crippen molar-refractivity contribution in [3.8, 4) is 27.3 Å². The minimum atomic E-state index is -0.659. The average molecular weight is 454 g/mol. The van der Waals surface area contributed by atoms with E-state index < -0.39 is 17.7 Å². The number of methoxy groups -OCH3 is 1. The van der Waals surface area contributed by atoms with Crippen LogP contribution in [0.3, 0.4) is 0 Å². The highest BCUT2D eigenvalue weighted by Gasteiger charge is 2.26. The fraction of sp³-hybridized carbons (Fsp3) is 0.250. The largest absolute Gasteiger partial charge is 0.494 e. The van der Waals surface area contributed by atoms with Crippen molar-refractivity contribution in [2.45, 2.75) is 18.9 Å². The number of rotatable bonds is 4. The lowest BCUT2D eigenvalue weighted by molar-refractivity contribution is 0.0550. The van der Waals surface area contributed by atoms with Crippen LogP contribution in [0.2, 0.25) is 0 Å². The number of carbonyl (C=O) groups is 1. The molecule has 0 saturated carbocycles. The molecule has 1 aliphatic rings. The van der Waals surface area contributed by atoms with Gasteiger partial charge in [-0.1, -0.05) is 12.1 Å². The minimum absolute atomic E-state index is 0.0933. The van der Waals surface area contributed by atoms with E-state index in [1.54, 1.807) is 23.1 Å². The molecule has 0 unspecified atom stereocenters. The third-order valence-corrected chi connectivity index (χ3v) is 6.66. The van der Waals surface area contributed by atoms with E-state index in [0.29, 0.717) is 52.4 Å². The lowest BCUT2D eigenvalue weighted by atomic mass is 10.0. The maximum Gasteiger partial charge on any atom is 0.263 e. The maximum atomic E-state index is 14.4. The number of piperidine rings is 1. The summed E-state index contributed by atoms with van der Waals surface area (Å²) in [4.78, 5) is 19.0. The van der Waals surface area contributed by atoms with Crippen LogP contribution in [0.1, 0.15) is 22.5 Å². The van der Waals surface area contributed by atoms with E-state index in [4.69, 9.17) is 11.3 Å². The van der Waals surface area contributed by atoms with Crippen LogP contribution in [0.15, 0.2) is 42.5 Å². The molecule has 1 saturated heterocycles. The Balaban J connectivity index is 1.80. The van der Waals surface area contributed by atoms with Crippen LogP contribution in [0.25, 0.3) is 26.4 Å². The number of benzene rings is 2. The molecule has 5 nitrogen and oxygen atoms in total. The lowest BCUT2D eigenvalue weighted by Gasteiger charge is -2.29. The molecule has 1 N–H and O–H groups in total. The predicted octanol–water partition coefficient (Wildman–Crippen LogP) is 5.52. The molecule has 8 heteroatoms. The van der Waals surface area contributed by atoms with Gasteiger partial charge < -0.3 is 14.7 Å². The minimum Gasteiger partial charge on any atom is -0.494 e. The number of aliphatic hydroxyl groups excluding tert-OH is 1. The summed E-state index contributed by atoms with van der Waals surface area (Å²) >= 11 is 1.20. The summed E-state index contributed by atoms with van der Waals surface area (Å²) < 4.78 is 33.7. The van der Waals surface area contributed by atoms with Gasteiger partial charge >= 0.3 is 0 Å². The molecule has 3 aromatic rings. The van der Waals surface area contributed by atoms with Gasteiger partial charge in [0.1, 0.15) is 5.82 Å². The highest BCUT2D eigenvalue weighted by atomic mass is 32.1. The molecule has 2 heterocycles. The van der Waals surface area contributed by atoms with Gasteiger partial charge in [0.2, 0.25) is 5.69 Å². The normalized spacial score (nSPS) is 14.3. The second-order valence-corrected chi connectivity index (χ2v) is 8.56. The summed E-state index contributed by atoms with van der Waals surface area (Å²) in [6.45, 7) is 7.96. The number of amides is 1. The monoisotopic (exact) mass is 454 g/mol. The zero-order valence-corrected chi connectivity index (χ0v) is 18.1. The molecule has 0 bridgehead atoms. The van der Waals surface area contributed by atoms with Crippen LogP contribution in [-0.4, -0.2) is 42.2 Å². The first kappa shape index (κ1) is 21.9. The van der Waals surface area contributed by atoms with Crippen molar-refractivity contribution in [3.63, 3.8) is 0 Å². The van der Waals surface area contributed by atoms with Crippen LogP contribution in [0.5, 0.6) is 5.75 Å². The second kappa shape index (κ2) is 9.07. The molecule has 1 fully saturated rings. The molecule has 0 atom stereocenters. The summed E-state index contributed by atoms with van der Waals surface area (Å²) in [5.41, 5.74) is 1.51. The van der Waals surface area contributed by atoms with Crippen LogP contribution in [0.4, 0.5) is 14.5 Å². The summed E-state index contributed by atoms with van der Waals surface area (Å²) in [5, 5.41) is 9.72. The van der Waals surface area contributed by atoms with Gasteiger partial charge in [-0.05, 0) is 54.3 Å². The molecule has 32 heavy (non-hydrogen) atoms. The standard InChI is InChI=1S/C24H20F2N2O3S/c1-27-20-5-3-14(11-18(20)25)17-13-22(24(30)28-9-7-16(29)8-10-28)32-23(17)15-4-6-21(31-2)19(26)12-15/h3-6,11-13,16,29H,7-10H2,2H3. The molecular formula is C24H20F2N2O3S. The maximum absolute atomic E-state index is 14.4. The summed E-state index contributed by atoms with van der Waals surface area (Å²) in [6.07, 6.45) is 0.632. The molecule has 0 spiro atoms. The fourth-order valence-electron chi connectivity index (χ4n) is 3.72. The highest BCUT2D eigenvalue weighted by Crippen LogP contribution is 2.42. The Morgan fingerprint density at radius 2 is 1.81 bits per heavy atom. The Bertz CT molecular complexity index is 1210. The fourth-order valence-corrected chi connectivity index (χ4v) is 4.87. The van der Waals surface area contributed by atoms with E-state index in [9.17, 15) is 18.7 Å². The van der Waals surface area contributed by atoms with Crippen molar-refractivity contribution in [2.75, 3.05) is 20.2 Å². The van der Waals surface area contributed by atoms with E-state index in [2.05, 4.69) is 4.85 Å². The van der Waals surface area contributed by atoms with Crippen molar-refractivity contribution < 1.29 is 23.4 Å². The summed E-state index contributed by atoms with van der Waals surface area (Å²) in [7, 11) is 1.38. The number of thiophene rings is 1. The van der Waals surface area contributed by atoms with Gasteiger partial charge in [-0.25, -0.2) is 13.6 Å². The first-order valence-electron chi connectivity index (χ1n) is 10.0. The Kier molecular flexibility index (Phi) is 6.21. The van der Waals surface area contributed by atoms with Gasteiger partial charge in [-0.2, -0.15) is 0 Å². The number of hydrogen-bond donors (Lipinski definition) is 1. The molecule has 1 amide bonds. The zero-order chi connectivity index (χ0) is 22.8. The number of hydrogen-bond acceptors (Lipinski definition) is 4. The third-order valence-electron chi connectivity index (χ3n) is 5.49. The molecule has 0 aliphatic carbocycles. The smallest absolute Gasteiger partial charge is 0.263 e. The van der Waals surface area contributed by atoms with Crippen LogP contribution in [0, 0.1) is 18.2 Å². The Hall–Kier alpha value is -3.28. The van der Waals surface area contributed by atoms with Crippen LogP contribution >= 0.6 is 11.3 Å². The Morgan fingerprint density at radius 3 is 2.44 bits per heavy atom. The van der Waals surface area contributed by atoms with Crippen molar-refractivity contribution >= 4 is 22.9 Å². The van der Waals surface area contributed by atoms with E-state index in [-0.39, 0.29) is 17.3 Å². The van der Waals surface area contributed by atoms with Crippen molar-refractivity contribution in [1.29, 1.82) is 0 Å². The number of halogens is 2. The van der Waals surface area contributed by atoms with E-state index >= 15 is 0 Å². The lowest BCUT2D eigenvalue weighted by Crippen LogP contribution is -2.39. The van der Waals surface area contributed by atoms with Gasteiger partial charge in [0.15, 0.2) is 11.6 Å². The molecular weight excluding hydrogens is 434 g/mol. The van der Waals surface area contributed by atoms with E-state index in [1.807, 2.05) is 0 Å². The quantitative estimate of drug-likeness (QED) is 0.529. The topological polar surface area (TPSA) is 54.1 Å². The van der Waals surface area contributed by atoms with Gasteiger partial charge in [0.05, 0.1) is 24.7 Å². The molecule has 2 aromatic carbocycles. The van der Waals surface area contributed by atoms with Crippen molar-refractivity contribution in [2.24, 2.45) is 0 Å². The summed E-state index contributed by atoms with van der Waals surface area (Å²) in [6, 6.07) is 10.5. The van der Waals surface area contributed by atoms with Crippen molar-refractivity contribution in [3.05, 3.63) is 70.4 Å². The first-order valence-corrected chi connectivity index (χ1v) is 10.9. The Labute approximate surface area is 188 Å². The van der Waals surface area contributed by atoms with Gasteiger partial charge in [-0.15, -0.1) is 11.3 Å². The molecule has 1 aliphatic heterocycles. The number of likely N-dealkylation sites (tertiary alicyclic amines) is 1. The second-order valence-electron chi connectivity index (χ2n) is 7.50. The van der Waals surface area contributed by atoms with Crippen LogP contribution in [-0.2, 0) is 0 Å². The third kappa shape index (κ3) is 4.22. The first-order chi connectivity index (χ1) is 15.4. The summed E-state index contributed by atoms with van der Waals surface area (Å²) in [5.74, 6) is -1.28. The SMILES string of the molecule is [C-]#[N+]c1ccc(-c2cc(C(=O)N3CCC(O)CC3)sc2-c2ccc(OC)c(F)c2)cc1F. The highest BCUT2D eigenvalue weighted by molar-refractivity contribution is 7.18. The molecule has 4 rings (SSSR count). The number of ether oxygens (including phenoxy) is 1. The van der Waals surface area contributed by atoms with E-state index in [0.717, 1.165) is 0 Å². The molecule has 1 aromatic heterocycles. The van der Waals surface area contributed by atoms with Crippen molar-refractivity contribution in [1.82, 2.24) is 4.90 Å². The molecule has 0 radical (unpaired) electrons. The van der Waals surface area contributed by atoms with Gasteiger partial charge in [-0.3, -0.25) is 4.79 Å². The number of aliphatic hydroxyl groups is 1. The molecule has 164 valence electrons. The zero-order valence-electron chi connectivity index (χ0n) is 17.3. The van der Waals surface area contributed by atoms with Gasteiger partial charge in [0.25, 0.3) is 5.91 Å². The number of carbonyl (C=O) groups excluding carboxylic acids is 1. The number of nitrogens with zero attached hydrogens (tertiary/aromatic N) is 2. The van der Waals surface area contributed by atoms with Crippen LogP contribution < -0.4 is 4.74 Å².